The summed E-state index contributed by atoms with van der Waals surface area (Å²) < 4.78 is 10.7. The first-order valence-corrected chi connectivity index (χ1v) is 6.50. The van der Waals surface area contributed by atoms with E-state index in [0.717, 1.165) is 33.4 Å². The average molecular weight is 268 g/mol. The summed E-state index contributed by atoms with van der Waals surface area (Å²) in [4.78, 5) is 0. The van der Waals surface area contributed by atoms with E-state index < -0.39 is 6.10 Å². The molecule has 1 N–H and O–H groups in total. The van der Waals surface area contributed by atoms with Gasteiger partial charge >= 0.3 is 0 Å². The zero-order valence-electron chi connectivity index (χ0n) is 11.5. The van der Waals surface area contributed by atoms with Gasteiger partial charge in [-0.2, -0.15) is 0 Å². The van der Waals surface area contributed by atoms with E-state index >= 15 is 0 Å². The fourth-order valence-corrected chi connectivity index (χ4v) is 2.56. The summed E-state index contributed by atoms with van der Waals surface area (Å²) in [5.74, 6) is 1.54. The Kier molecular flexibility index (Phi) is 3.20. The van der Waals surface area contributed by atoms with Crippen LogP contribution in [-0.4, -0.2) is 12.2 Å². The van der Waals surface area contributed by atoms with Crippen LogP contribution in [0.15, 0.2) is 53.1 Å². The molecule has 3 aromatic rings. The highest BCUT2D eigenvalue weighted by Gasteiger charge is 2.18. The highest BCUT2D eigenvalue weighted by atomic mass is 16.5. The molecular formula is C17H16O3. The van der Waals surface area contributed by atoms with Crippen LogP contribution in [0, 0.1) is 6.92 Å². The SMILES string of the molecule is COc1ccc(C(O)c2ccoc2C)c2ccccc12. The number of fused-ring (bicyclic) bond motifs is 1. The van der Waals surface area contributed by atoms with Crippen molar-refractivity contribution in [1.82, 2.24) is 0 Å². The number of rotatable bonds is 3. The van der Waals surface area contributed by atoms with Crippen molar-refractivity contribution in [2.45, 2.75) is 13.0 Å². The van der Waals surface area contributed by atoms with Crippen molar-refractivity contribution in [2.24, 2.45) is 0 Å². The van der Waals surface area contributed by atoms with Crippen LogP contribution in [0.3, 0.4) is 0 Å². The molecule has 3 rings (SSSR count). The minimum absolute atomic E-state index is 0.704. The summed E-state index contributed by atoms with van der Waals surface area (Å²) in [6.07, 6.45) is 0.893. The lowest BCUT2D eigenvalue weighted by atomic mass is 9.95. The normalized spacial score (nSPS) is 12.6. The van der Waals surface area contributed by atoms with E-state index in [-0.39, 0.29) is 0 Å². The molecule has 0 aliphatic rings. The summed E-state index contributed by atoms with van der Waals surface area (Å²) in [6.45, 7) is 1.85. The molecule has 0 radical (unpaired) electrons. The molecule has 20 heavy (non-hydrogen) atoms. The molecule has 0 bridgehead atoms. The maximum absolute atomic E-state index is 10.6. The molecule has 2 aromatic carbocycles. The second-order valence-corrected chi connectivity index (χ2v) is 4.74. The number of methoxy groups -OCH3 is 1. The Morgan fingerprint density at radius 2 is 1.75 bits per heavy atom. The minimum Gasteiger partial charge on any atom is -0.496 e. The summed E-state index contributed by atoms with van der Waals surface area (Å²) in [5.41, 5.74) is 1.64. The van der Waals surface area contributed by atoms with Crippen molar-refractivity contribution in [3.63, 3.8) is 0 Å². The molecule has 1 unspecified atom stereocenters. The second-order valence-electron chi connectivity index (χ2n) is 4.74. The lowest BCUT2D eigenvalue weighted by molar-refractivity contribution is 0.219. The van der Waals surface area contributed by atoms with E-state index in [2.05, 4.69) is 0 Å². The van der Waals surface area contributed by atoms with Gasteiger partial charge in [0.15, 0.2) is 0 Å². The fourth-order valence-electron chi connectivity index (χ4n) is 2.56. The Morgan fingerprint density at radius 3 is 2.40 bits per heavy atom. The van der Waals surface area contributed by atoms with E-state index in [1.54, 1.807) is 19.4 Å². The van der Waals surface area contributed by atoms with Gasteiger partial charge in [-0.25, -0.2) is 0 Å². The maximum atomic E-state index is 10.6. The van der Waals surface area contributed by atoms with Crippen LogP contribution in [0.4, 0.5) is 0 Å². The molecule has 3 nitrogen and oxygen atoms in total. The molecule has 0 amide bonds. The number of furan rings is 1. The maximum Gasteiger partial charge on any atom is 0.126 e. The predicted octanol–water partition coefficient (Wildman–Crippen LogP) is 3.83. The van der Waals surface area contributed by atoms with Crippen molar-refractivity contribution in [1.29, 1.82) is 0 Å². The van der Waals surface area contributed by atoms with Gasteiger partial charge in [0, 0.05) is 10.9 Å². The molecule has 3 heteroatoms. The molecule has 0 saturated heterocycles. The molecule has 1 atom stereocenters. The van der Waals surface area contributed by atoms with Crippen molar-refractivity contribution in [2.75, 3.05) is 7.11 Å². The number of ether oxygens (including phenoxy) is 1. The Bertz CT molecular complexity index is 743. The standard InChI is InChI=1S/C17H16O3/c1-11-12(9-10-20-11)17(18)15-7-8-16(19-2)14-6-4-3-5-13(14)15/h3-10,17-18H,1-2H3. The van der Waals surface area contributed by atoms with Gasteiger partial charge in [0.2, 0.25) is 0 Å². The van der Waals surface area contributed by atoms with Gasteiger partial charge in [0.1, 0.15) is 17.6 Å². The smallest absolute Gasteiger partial charge is 0.126 e. The molecule has 0 aliphatic heterocycles. The van der Waals surface area contributed by atoms with Crippen LogP contribution in [0.5, 0.6) is 5.75 Å². The molecule has 102 valence electrons. The zero-order valence-corrected chi connectivity index (χ0v) is 11.5. The van der Waals surface area contributed by atoms with Gasteiger partial charge in [0.05, 0.1) is 13.4 Å². The van der Waals surface area contributed by atoms with Crippen molar-refractivity contribution < 1.29 is 14.3 Å². The van der Waals surface area contributed by atoms with Gasteiger partial charge in [-0.3, -0.25) is 0 Å². The van der Waals surface area contributed by atoms with E-state index in [1.165, 1.54) is 0 Å². The van der Waals surface area contributed by atoms with Crippen LogP contribution < -0.4 is 4.74 Å². The van der Waals surface area contributed by atoms with Gasteiger partial charge in [-0.05, 0) is 30.0 Å². The van der Waals surface area contributed by atoms with Crippen molar-refractivity contribution >= 4 is 10.8 Å². The Hall–Kier alpha value is -2.26. The Balaban J connectivity index is 2.20. The number of hydrogen-bond acceptors (Lipinski definition) is 3. The number of aliphatic hydroxyl groups is 1. The monoisotopic (exact) mass is 268 g/mol. The fraction of sp³-hybridized carbons (Fsp3) is 0.176. The first kappa shape index (κ1) is 12.8. The van der Waals surface area contributed by atoms with Gasteiger partial charge in [-0.1, -0.05) is 30.3 Å². The number of aliphatic hydroxyl groups excluding tert-OH is 1. The predicted molar refractivity (Wildman–Crippen MR) is 78.0 cm³/mol. The Morgan fingerprint density at radius 1 is 1.00 bits per heavy atom. The second kappa shape index (κ2) is 5.02. The summed E-state index contributed by atoms with van der Waals surface area (Å²) in [6, 6.07) is 13.5. The molecule has 0 aliphatic carbocycles. The van der Waals surface area contributed by atoms with Gasteiger partial charge in [0.25, 0.3) is 0 Å². The molecule has 1 heterocycles. The lowest BCUT2D eigenvalue weighted by Crippen LogP contribution is -2.01. The number of benzene rings is 2. The quantitative estimate of drug-likeness (QED) is 0.785. The minimum atomic E-state index is -0.704. The van der Waals surface area contributed by atoms with Gasteiger partial charge in [-0.15, -0.1) is 0 Å². The summed E-state index contributed by atoms with van der Waals surface area (Å²) in [7, 11) is 1.65. The van der Waals surface area contributed by atoms with E-state index in [1.807, 2.05) is 43.3 Å². The summed E-state index contributed by atoms with van der Waals surface area (Å²) in [5, 5.41) is 12.6. The van der Waals surface area contributed by atoms with Gasteiger partial charge < -0.3 is 14.3 Å². The third-order valence-corrected chi connectivity index (χ3v) is 3.63. The zero-order chi connectivity index (χ0) is 14.1. The first-order chi connectivity index (χ1) is 9.72. The highest BCUT2D eigenvalue weighted by Crippen LogP contribution is 2.34. The van der Waals surface area contributed by atoms with Crippen LogP contribution in [-0.2, 0) is 0 Å². The Labute approximate surface area is 117 Å². The summed E-state index contributed by atoms with van der Waals surface area (Å²) >= 11 is 0. The largest absolute Gasteiger partial charge is 0.496 e. The van der Waals surface area contributed by atoms with Crippen LogP contribution in [0.2, 0.25) is 0 Å². The lowest BCUT2D eigenvalue weighted by Gasteiger charge is -2.15. The van der Waals surface area contributed by atoms with E-state index in [9.17, 15) is 5.11 Å². The third-order valence-electron chi connectivity index (χ3n) is 3.63. The third kappa shape index (κ3) is 1.96. The van der Waals surface area contributed by atoms with Crippen molar-refractivity contribution in [3.05, 3.63) is 65.6 Å². The molecule has 0 saturated carbocycles. The average Bonchev–Trinajstić information content (AvgIpc) is 2.91. The molecule has 1 aromatic heterocycles. The van der Waals surface area contributed by atoms with Crippen molar-refractivity contribution in [3.8, 4) is 5.75 Å². The molecule has 0 fully saturated rings. The number of aryl methyl sites for hydroxylation is 1. The van der Waals surface area contributed by atoms with Crippen LogP contribution in [0.1, 0.15) is 23.0 Å². The van der Waals surface area contributed by atoms with Crippen LogP contribution >= 0.6 is 0 Å². The van der Waals surface area contributed by atoms with Crippen LogP contribution in [0.25, 0.3) is 10.8 Å². The topological polar surface area (TPSA) is 42.6 Å². The first-order valence-electron chi connectivity index (χ1n) is 6.50. The number of hydrogen-bond donors (Lipinski definition) is 1. The van der Waals surface area contributed by atoms with E-state index in [0.29, 0.717) is 0 Å². The van der Waals surface area contributed by atoms with E-state index in [4.69, 9.17) is 9.15 Å². The molecule has 0 spiro atoms. The highest BCUT2D eigenvalue weighted by molar-refractivity contribution is 5.91. The molecular weight excluding hydrogens is 252 g/mol.